The molecule has 0 saturated carbocycles. The molecule has 2 unspecified atom stereocenters. The van der Waals surface area contributed by atoms with Gasteiger partial charge in [-0.25, -0.2) is 0 Å². The highest BCUT2D eigenvalue weighted by Gasteiger charge is 2.30. The van der Waals surface area contributed by atoms with E-state index in [2.05, 4.69) is 38.2 Å². The minimum Gasteiger partial charge on any atom is -0.342 e. The van der Waals surface area contributed by atoms with Gasteiger partial charge in [0.2, 0.25) is 5.91 Å². The van der Waals surface area contributed by atoms with Crippen molar-refractivity contribution in [1.29, 1.82) is 0 Å². The van der Waals surface area contributed by atoms with E-state index in [9.17, 15) is 4.79 Å². The zero-order valence-corrected chi connectivity index (χ0v) is 12.3. The molecular formula is C16H24N2O. The highest BCUT2D eigenvalue weighted by Crippen LogP contribution is 2.26. The minimum absolute atomic E-state index is 0.0452. The van der Waals surface area contributed by atoms with Gasteiger partial charge in [0.05, 0.1) is 5.92 Å². The van der Waals surface area contributed by atoms with Gasteiger partial charge in [-0.15, -0.1) is 0 Å². The molecule has 19 heavy (non-hydrogen) atoms. The lowest BCUT2D eigenvalue weighted by Gasteiger charge is -2.34. The molecule has 0 radical (unpaired) electrons. The molecule has 0 spiro atoms. The lowest BCUT2D eigenvalue weighted by molar-refractivity contribution is -0.134. The summed E-state index contributed by atoms with van der Waals surface area (Å²) in [6.07, 6.45) is 0. The molecule has 1 aliphatic heterocycles. The summed E-state index contributed by atoms with van der Waals surface area (Å²) in [5.41, 5.74) is 2.44. The van der Waals surface area contributed by atoms with Gasteiger partial charge in [-0.05, 0) is 24.0 Å². The van der Waals surface area contributed by atoms with Crippen molar-refractivity contribution < 1.29 is 4.79 Å². The number of amides is 1. The Morgan fingerprint density at radius 1 is 1.32 bits per heavy atom. The van der Waals surface area contributed by atoms with Crippen molar-refractivity contribution in [2.45, 2.75) is 39.3 Å². The monoisotopic (exact) mass is 260 g/mol. The van der Waals surface area contributed by atoms with E-state index in [4.69, 9.17) is 0 Å². The van der Waals surface area contributed by atoms with E-state index in [0.29, 0.717) is 5.92 Å². The second-order valence-corrected chi connectivity index (χ2v) is 5.82. The van der Waals surface area contributed by atoms with Crippen molar-refractivity contribution in [2.75, 3.05) is 13.6 Å². The third-order valence-corrected chi connectivity index (χ3v) is 4.32. The van der Waals surface area contributed by atoms with Crippen LogP contribution in [0.2, 0.25) is 0 Å². The molecule has 1 amide bonds. The molecule has 0 bridgehead atoms. The molecule has 1 N–H and O–H groups in total. The average Bonchev–Trinajstić information content (AvgIpc) is 2.44. The van der Waals surface area contributed by atoms with Crippen LogP contribution < -0.4 is 5.32 Å². The van der Waals surface area contributed by atoms with Crippen molar-refractivity contribution in [3.8, 4) is 0 Å². The standard InChI is InChI=1S/C16H24N2O/c1-11(2)12(3)18(4)16(19)15-10-17-9-13-7-5-6-8-14(13)15/h5-8,11-12,15,17H,9-10H2,1-4H3. The van der Waals surface area contributed by atoms with Gasteiger partial charge in [0.1, 0.15) is 0 Å². The Morgan fingerprint density at radius 2 is 2.00 bits per heavy atom. The number of nitrogens with one attached hydrogen (secondary N) is 1. The van der Waals surface area contributed by atoms with Gasteiger partial charge >= 0.3 is 0 Å². The number of carbonyl (C=O) groups is 1. The summed E-state index contributed by atoms with van der Waals surface area (Å²) in [4.78, 5) is 14.6. The molecular weight excluding hydrogens is 236 g/mol. The second kappa shape index (κ2) is 5.74. The summed E-state index contributed by atoms with van der Waals surface area (Å²) in [6, 6.07) is 8.52. The topological polar surface area (TPSA) is 32.3 Å². The van der Waals surface area contributed by atoms with Crippen LogP contribution in [0.15, 0.2) is 24.3 Å². The molecule has 2 rings (SSSR count). The van der Waals surface area contributed by atoms with Gasteiger partial charge in [0, 0.05) is 26.2 Å². The maximum atomic E-state index is 12.7. The average molecular weight is 260 g/mol. The van der Waals surface area contributed by atoms with Crippen LogP contribution in [0.5, 0.6) is 0 Å². The van der Waals surface area contributed by atoms with Crippen LogP contribution in [0.3, 0.4) is 0 Å². The van der Waals surface area contributed by atoms with Crippen molar-refractivity contribution in [3.63, 3.8) is 0 Å². The number of likely N-dealkylation sites (N-methyl/N-ethyl adjacent to an activating group) is 1. The maximum absolute atomic E-state index is 12.7. The fourth-order valence-corrected chi connectivity index (χ4v) is 2.61. The number of benzene rings is 1. The quantitative estimate of drug-likeness (QED) is 0.905. The fourth-order valence-electron chi connectivity index (χ4n) is 2.61. The molecule has 0 saturated heterocycles. The van der Waals surface area contributed by atoms with Gasteiger partial charge in [0.25, 0.3) is 0 Å². The Hall–Kier alpha value is -1.35. The molecule has 1 aromatic rings. The number of hydrogen-bond acceptors (Lipinski definition) is 2. The first-order chi connectivity index (χ1) is 9.02. The first-order valence-electron chi connectivity index (χ1n) is 7.07. The molecule has 0 fully saturated rings. The zero-order chi connectivity index (χ0) is 14.0. The van der Waals surface area contributed by atoms with E-state index in [-0.39, 0.29) is 17.9 Å². The lowest BCUT2D eigenvalue weighted by atomic mass is 9.89. The van der Waals surface area contributed by atoms with Crippen LogP contribution in [0.1, 0.15) is 37.8 Å². The fraction of sp³-hybridized carbons (Fsp3) is 0.562. The highest BCUT2D eigenvalue weighted by atomic mass is 16.2. The van der Waals surface area contributed by atoms with Crippen molar-refractivity contribution >= 4 is 5.91 Å². The van der Waals surface area contributed by atoms with Gasteiger partial charge in [0.15, 0.2) is 0 Å². The van der Waals surface area contributed by atoms with Gasteiger partial charge in [-0.1, -0.05) is 38.1 Å². The van der Waals surface area contributed by atoms with E-state index in [1.165, 1.54) is 11.1 Å². The zero-order valence-electron chi connectivity index (χ0n) is 12.3. The normalized spacial score (nSPS) is 19.9. The van der Waals surface area contributed by atoms with E-state index < -0.39 is 0 Å². The molecule has 0 aliphatic carbocycles. The highest BCUT2D eigenvalue weighted by molar-refractivity contribution is 5.84. The summed E-state index contributed by atoms with van der Waals surface area (Å²) >= 11 is 0. The Labute approximate surface area is 116 Å². The van der Waals surface area contributed by atoms with E-state index in [1.807, 2.05) is 24.1 Å². The summed E-state index contributed by atoms with van der Waals surface area (Å²) in [5.74, 6) is 0.651. The molecule has 1 aliphatic rings. The van der Waals surface area contributed by atoms with Gasteiger partial charge in [-0.2, -0.15) is 0 Å². The maximum Gasteiger partial charge on any atom is 0.231 e. The lowest BCUT2D eigenvalue weighted by Crippen LogP contribution is -2.44. The first-order valence-corrected chi connectivity index (χ1v) is 7.07. The SMILES string of the molecule is CC(C)C(C)N(C)C(=O)C1CNCc2ccccc21. The molecule has 1 aromatic carbocycles. The number of hydrogen-bond donors (Lipinski definition) is 1. The van der Waals surface area contributed by atoms with E-state index in [1.54, 1.807) is 0 Å². The Kier molecular flexibility index (Phi) is 4.25. The second-order valence-electron chi connectivity index (χ2n) is 5.82. The van der Waals surface area contributed by atoms with E-state index in [0.717, 1.165) is 13.1 Å². The van der Waals surface area contributed by atoms with E-state index >= 15 is 0 Å². The number of carbonyl (C=O) groups excluding carboxylic acids is 1. The van der Waals surface area contributed by atoms with Crippen LogP contribution in [0.4, 0.5) is 0 Å². The molecule has 2 atom stereocenters. The van der Waals surface area contributed by atoms with Crippen LogP contribution in [0, 0.1) is 5.92 Å². The predicted octanol–water partition coefficient (Wildman–Crippen LogP) is 2.38. The Bertz CT molecular complexity index is 456. The van der Waals surface area contributed by atoms with Crippen molar-refractivity contribution in [3.05, 3.63) is 35.4 Å². The summed E-state index contributed by atoms with van der Waals surface area (Å²) < 4.78 is 0. The molecule has 3 heteroatoms. The summed E-state index contributed by atoms with van der Waals surface area (Å²) in [7, 11) is 1.92. The Balaban J connectivity index is 2.21. The molecule has 1 heterocycles. The first kappa shape index (κ1) is 14.1. The van der Waals surface area contributed by atoms with Gasteiger partial charge < -0.3 is 10.2 Å². The number of fused-ring (bicyclic) bond motifs is 1. The third-order valence-electron chi connectivity index (χ3n) is 4.32. The van der Waals surface area contributed by atoms with Crippen molar-refractivity contribution in [2.24, 2.45) is 5.92 Å². The van der Waals surface area contributed by atoms with Gasteiger partial charge in [-0.3, -0.25) is 4.79 Å². The van der Waals surface area contributed by atoms with Crippen LogP contribution in [0.25, 0.3) is 0 Å². The van der Waals surface area contributed by atoms with Crippen LogP contribution in [-0.4, -0.2) is 30.4 Å². The predicted molar refractivity (Wildman–Crippen MR) is 78.0 cm³/mol. The van der Waals surface area contributed by atoms with Crippen LogP contribution in [-0.2, 0) is 11.3 Å². The summed E-state index contributed by atoms with van der Waals surface area (Å²) in [5, 5.41) is 3.35. The third kappa shape index (κ3) is 2.81. The summed E-state index contributed by atoms with van der Waals surface area (Å²) in [6.45, 7) is 8.03. The Morgan fingerprint density at radius 3 is 2.68 bits per heavy atom. The molecule has 104 valence electrons. The van der Waals surface area contributed by atoms with Crippen molar-refractivity contribution in [1.82, 2.24) is 10.2 Å². The molecule has 3 nitrogen and oxygen atoms in total. The largest absolute Gasteiger partial charge is 0.342 e. The minimum atomic E-state index is -0.0452. The smallest absolute Gasteiger partial charge is 0.231 e. The number of nitrogens with zero attached hydrogens (tertiary/aromatic N) is 1. The van der Waals surface area contributed by atoms with Crippen LogP contribution >= 0.6 is 0 Å². The molecule has 0 aromatic heterocycles. The number of rotatable bonds is 3.